The SMILES string of the molecule is CCC(CO)Nc1nc(N(C)c2ccccc2)c2ncn(C(C)C)c2n1. The van der Waals surface area contributed by atoms with Gasteiger partial charge in [0.25, 0.3) is 0 Å². The van der Waals surface area contributed by atoms with Gasteiger partial charge in [-0.3, -0.25) is 0 Å². The van der Waals surface area contributed by atoms with Crippen molar-refractivity contribution in [2.45, 2.75) is 39.3 Å². The maximum absolute atomic E-state index is 9.51. The first-order chi connectivity index (χ1) is 12.5. The molecule has 0 spiro atoms. The van der Waals surface area contributed by atoms with Crippen molar-refractivity contribution in [2.75, 3.05) is 23.9 Å². The van der Waals surface area contributed by atoms with Crippen LogP contribution in [0.4, 0.5) is 17.5 Å². The van der Waals surface area contributed by atoms with Gasteiger partial charge in [0.15, 0.2) is 17.0 Å². The first-order valence-corrected chi connectivity index (χ1v) is 8.95. The van der Waals surface area contributed by atoms with Gasteiger partial charge in [0.05, 0.1) is 19.0 Å². The van der Waals surface area contributed by atoms with Crippen LogP contribution in [0.2, 0.25) is 0 Å². The van der Waals surface area contributed by atoms with E-state index in [0.29, 0.717) is 5.95 Å². The number of benzene rings is 1. The van der Waals surface area contributed by atoms with E-state index in [1.165, 1.54) is 0 Å². The molecule has 2 aromatic heterocycles. The molecule has 7 heteroatoms. The minimum Gasteiger partial charge on any atom is -0.394 e. The molecule has 0 amide bonds. The fourth-order valence-electron chi connectivity index (χ4n) is 2.81. The van der Waals surface area contributed by atoms with Gasteiger partial charge < -0.3 is 19.9 Å². The molecule has 1 aromatic carbocycles. The average Bonchev–Trinajstić information content (AvgIpc) is 3.09. The summed E-state index contributed by atoms with van der Waals surface area (Å²) in [6, 6.07) is 10.2. The van der Waals surface area contributed by atoms with E-state index >= 15 is 0 Å². The van der Waals surface area contributed by atoms with E-state index in [-0.39, 0.29) is 18.7 Å². The van der Waals surface area contributed by atoms with Gasteiger partial charge in [-0.15, -0.1) is 0 Å². The highest BCUT2D eigenvalue weighted by Crippen LogP contribution is 2.30. The van der Waals surface area contributed by atoms with Crippen LogP contribution in [0.5, 0.6) is 0 Å². The van der Waals surface area contributed by atoms with Crippen LogP contribution in [0.1, 0.15) is 33.2 Å². The van der Waals surface area contributed by atoms with Gasteiger partial charge in [-0.05, 0) is 32.4 Å². The molecule has 0 fully saturated rings. The number of aliphatic hydroxyl groups excluding tert-OH is 1. The molecule has 138 valence electrons. The number of para-hydroxylation sites is 1. The second kappa shape index (κ2) is 7.70. The fourth-order valence-corrected chi connectivity index (χ4v) is 2.81. The summed E-state index contributed by atoms with van der Waals surface area (Å²) < 4.78 is 2.03. The minimum atomic E-state index is -0.0854. The Morgan fingerprint density at radius 2 is 1.92 bits per heavy atom. The first kappa shape index (κ1) is 18.1. The number of anilines is 3. The smallest absolute Gasteiger partial charge is 0.227 e. The second-order valence-corrected chi connectivity index (χ2v) is 6.62. The molecule has 3 rings (SSSR count). The van der Waals surface area contributed by atoms with Crippen LogP contribution < -0.4 is 10.2 Å². The van der Waals surface area contributed by atoms with Crippen molar-refractivity contribution in [3.05, 3.63) is 36.7 Å². The third kappa shape index (κ3) is 3.48. The number of imidazole rings is 1. The lowest BCUT2D eigenvalue weighted by Crippen LogP contribution is -2.24. The maximum Gasteiger partial charge on any atom is 0.227 e. The van der Waals surface area contributed by atoms with Gasteiger partial charge in [-0.2, -0.15) is 9.97 Å². The molecule has 2 N–H and O–H groups in total. The predicted molar refractivity (Wildman–Crippen MR) is 105 cm³/mol. The summed E-state index contributed by atoms with van der Waals surface area (Å²) in [4.78, 5) is 15.9. The number of fused-ring (bicyclic) bond motifs is 1. The highest BCUT2D eigenvalue weighted by molar-refractivity contribution is 5.87. The van der Waals surface area contributed by atoms with Crippen LogP contribution in [0, 0.1) is 0 Å². The van der Waals surface area contributed by atoms with Crippen molar-refractivity contribution in [1.29, 1.82) is 0 Å². The molecule has 3 aromatic rings. The monoisotopic (exact) mass is 354 g/mol. The summed E-state index contributed by atoms with van der Waals surface area (Å²) >= 11 is 0. The van der Waals surface area contributed by atoms with Crippen molar-refractivity contribution in [2.24, 2.45) is 0 Å². The molecule has 1 unspecified atom stereocenters. The summed E-state index contributed by atoms with van der Waals surface area (Å²) in [5.41, 5.74) is 2.56. The molecule has 0 aliphatic carbocycles. The third-order valence-electron chi connectivity index (χ3n) is 4.47. The lowest BCUT2D eigenvalue weighted by Gasteiger charge is -2.21. The van der Waals surface area contributed by atoms with E-state index in [1.54, 1.807) is 6.33 Å². The molecule has 0 saturated carbocycles. The fraction of sp³-hybridized carbons (Fsp3) is 0.421. The summed E-state index contributed by atoms with van der Waals surface area (Å²) in [6.07, 6.45) is 2.59. The van der Waals surface area contributed by atoms with Gasteiger partial charge in [-0.1, -0.05) is 25.1 Å². The quantitative estimate of drug-likeness (QED) is 0.677. The molecule has 0 saturated heterocycles. The Kier molecular flexibility index (Phi) is 5.37. The maximum atomic E-state index is 9.51. The Balaban J connectivity index is 2.13. The van der Waals surface area contributed by atoms with Crippen molar-refractivity contribution in [3.63, 3.8) is 0 Å². The molecule has 0 radical (unpaired) electrons. The van der Waals surface area contributed by atoms with Crippen molar-refractivity contribution >= 4 is 28.6 Å². The van der Waals surface area contributed by atoms with Crippen molar-refractivity contribution in [1.82, 2.24) is 19.5 Å². The van der Waals surface area contributed by atoms with Crippen LogP contribution in [0.25, 0.3) is 11.2 Å². The lowest BCUT2D eigenvalue weighted by molar-refractivity contribution is 0.271. The zero-order valence-corrected chi connectivity index (χ0v) is 15.7. The first-order valence-electron chi connectivity index (χ1n) is 8.95. The number of nitrogens with zero attached hydrogens (tertiary/aromatic N) is 5. The van der Waals surface area contributed by atoms with Crippen LogP contribution >= 0.6 is 0 Å². The molecular formula is C19H26N6O. The lowest BCUT2D eigenvalue weighted by atomic mass is 10.2. The van der Waals surface area contributed by atoms with Crippen molar-refractivity contribution < 1.29 is 5.11 Å². The summed E-state index contributed by atoms with van der Waals surface area (Å²) in [7, 11) is 1.97. The Hall–Kier alpha value is -2.67. The number of hydrogen-bond acceptors (Lipinski definition) is 6. The molecule has 1 atom stereocenters. The highest BCUT2D eigenvalue weighted by atomic mass is 16.3. The van der Waals surface area contributed by atoms with Crippen LogP contribution in [0.15, 0.2) is 36.7 Å². The zero-order valence-electron chi connectivity index (χ0n) is 15.7. The Morgan fingerprint density at radius 3 is 2.54 bits per heavy atom. The molecular weight excluding hydrogens is 328 g/mol. The summed E-state index contributed by atoms with van der Waals surface area (Å²) in [5.74, 6) is 1.23. The van der Waals surface area contributed by atoms with Gasteiger partial charge in [0.1, 0.15) is 0 Å². The molecule has 7 nitrogen and oxygen atoms in total. The van der Waals surface area contributed by atoms with E-state index in [0.717, 1.165) is 29.1 Å². The number of aliphatic hydroxyl groups is 1. The van der Waals surface area contributed by atoms with Gasteiger partial charge in [0, 0.05) is 18.8 Å². The molecule has 0 aliphatic rings. The average molecular weight is 354 g/mol. The number of rotatable bonds is 7. The topological polar surface area (TPSA) is 79.1 Å². The highest BCUT2D eigenvalue weighted by Gasteiger charge is 2.19. The Labute approximate surface area is 153 Å². The third-order valence-corrected chi connectivity index (χ3v) is 4.47. The van der Waals surface area contributed by atoms with E-state index in [9.17, 15) is 5.11 Å². The van der Waals surface area contributed by atoms with E-state index in [2.05, 4.69) is 29.1 Å². The molecule has 0 bridgehead atoms. The number of aromatic nitrogens is 4. The van der Waals surface area contributed by atoms with Crippen molar-refractivity contribution in [3.8, 4) is 0 Å². The Bertz CT molecular complexity index is 857. The van der Waals surface area contributed by atoms with E-state index in [4.69, 9.17) is 4.98 Å². The Morgan fingerprint density at radius 1 is 1.19 bits per heavy atom. The number of hydrogen-bond donors (Lipinski definition) is 2. The normalized spacial score (nSPS) is 12.5. The standard InChI is InChI=1S/C19H26N6O/c1-5-14(11-26)21-19-22-17(24(4)15-9-7-6-8-10-15)16-18(23-19)25(12-20-16)13(2)3/h6-10,12-14,26H,5,11H2,1-4H3,(H,21,22,23). The molecule has 26 heavy (non-hydrogen) atoms. The van der Waals surface area contributed by atoms with E-state index in [1.807, 2.05) is 53.8 Å². The van der Waals surface area contributed by atoms with Gasteiger partial charge >= 0.3 is 0 Å². The molecule has 2 heterocycles. The molecule has 0 aliphatic heterocycles. The van der Waals surface area contributed by atoms with Crippen LogP contribution in [-0.2, 0) is 0 Å². The summed E-state index contributed by atoms with van der Waals surface area (Å²) in [6.45, 7) is 6.24. The van der Waals surface area contributed by atoms with Gasteiger partial charge in [0.2, 0.25) is 5.95 Å². The second-order valence-electron chi connectivity index (χ2n) is 6.62. The van der Waals surface area contributed by atoms with E-state index < -0.39 is 0 Å². The predicted octanol–water partition coefficient (Wildman–Crippen LogP) is 3.36. The van der Waals surface area contributed by atoms with Crippen LogP contribution in [0.3, 0.4) is 0 Å². The zero-order chi connectivity index (χ0) is 18.7. The number of nitrogens with one attached hydrogen (secondary N) is 1. The minimum absolute atomic E-state index is 0.0329. The van der Waals surface area contributed by atoms with Crippen LogP contribution in [-0.4, -0.2) is 44.3 Å². The summed E-state index contributed by atoms with van der Waals surface area (Å²) in [5, 5.41) is 12.7. The largest absolute Gasteiger partial charge is 0.394 e. The van der Waals surface area contributed by atoms with Gasteiger partial charge in [-0.25, -0.2) is 4.98 Å².